The number of benzene rings is 1. The summed E-state index contributed by atoms with van der Waals surface area (Å²) < 4.78 is 37.8. The highest BCUT2D eigenvalue weighted by molar-refractivity contribution is 5.99. The second kappa shape index (κ2) is 11.1. The molecule has 1 aromatic carbocycles. The van der Waals surface area contributed by atoms with Gasteiger partial charge in [-0.1, -0.05) is 39.0 Å². The number of carboxylic acids is 1. The van der Waals surface area contributed by atoms with Gasteiger partial charge >= 0.3 is 12.1 Å². The van der Waals surface area contributed by atoms with Gasteiger partial charge in [0.05, 0.1) is 18.0 Å². The zero-order chi connectivity index (χ0) is 29.3. The maximum atomic E-state index is 13.2. The Labute approximate surface area is 226 Å². The number of para-hydroxylation sites is 1. The average molecular weight is 555 g/mol. The SMILES string of the molecule is CCC1(CC)CC(=O)N(CC2C(C)C2C(=O)N[C@@H]2CC(C)(C)Oc3ccccc32)C(N)=N1.O=C(O)C(F)(F)F. The van der Waals surface area contributed by atoms with Crippen molar-refractivity contribution in [1.82, 2.24) is 10.2 Å². The van der Waals surface area contributed by atoms with Crippen molar-refractivity contribution in [1.29, 1.82) is 0 Å². The Balaban J connectivity index is 0.000000532. The summed E-state index contributed by atoms with van der Waals surface area (Å²) >= 11 is 0. The number of carbonyl (C=O) groups excluding carboxylic acids is 2. The first-order valence-electron chi connectivity index (χ1n) is 13.1. The lowest BCUT2D eigenvalue weighted by atomic mass is 9.88. The number of nitrogens with one attached hydrogen (secondary N) is 1. The molecule has 216 valence electrons. The van der Waals surface area contributed by atoms with Crippen LogP contribution in [-0.4, -0.2) is 57.6 Å². The van der Waals surface area contributed by atoms with Crippen LogP contribution in [0.25, 0.3) is 0 Å². The molecule has 4 rings (SSSR count). The summed E-state index contributed by atoms with van der Waals surface area (Å²) in [6.07, 6.45) is -2.41. The molecule has 2 aliphatic heterocycles. The Morgan fingerprint density at radius 3 is 2.36 bits per heavy atom. The summed E-state index contributed by atoms with van der Waals surface area (Å²) in [6, 6.07) is 7.80. The van der Waals surface area contributed by atoms with E-state index in [0.717, 1.165) is 24.2 Å². The molecule has 1 saturated carbocycles. The maximum absolute atomic E-state index is 13.2. The van der Waals surface area contributed by atoms with E-state index in [9.17, 15) is 22.8 Å². The molecule has 0 saturated heterocycles. The van der Waals surface area contributed by atoms with Gasteiger partial charge in [-0.3, -0.25) is 14.5 Å². The van der Waals surface area contributed by atoms with E-state index < -0.39 is 12.1 Å². The van der Waals surface area contributed by atoms with Crippen LogP contribution in [0.3, 0.4) is 0 Å². The van der Waals surface area contributed by atoms with Crippen LogP contribution in [0, 0.1) is 17.8 Å². The number of fused-ring (bicyclic) bond motifs is 1. The summed E-state index contributed by atoms with van der Waals surface area (Å²) in [5.41, 5.74) is 6.50. The normalized spacial score (nSPS) is 26.7. The van der Waals surface area contributed by atoms with Crippen molar-refractivity contribution in [2.45, 2.75) is 83.7 Å². The Kier molecular flexibility index (Phi) is 8.57. The Hall–Kier alpha value is -3.31. The number of hydrogen-bond acceptors (Lipinski definition) is 6. The molecule has 1 fully saturated rings. The summed E-state index contributed by atoms with van der Waals surface area (Å²) in [5, 5.41) is 10.4. The monoisotopic (exact) mass is 554 g/mol. The molecule has 2 heterocycles. The van der Waals surface area contributed by atoms with Gasteiger partial charge in [-0.25, -0.2) is 9.79 Å². The minimum atomic E-state index is -5.08. The van der Waals surface area contributed by atoms with E-state index in [4.69, 9.17) is 20.4 Å². The zero-order valence-corrected chi connectivity index (χ0v) is 22.8. The highest BCUT2D eigenvalue weighted by atomic mass is 19.4. The molecule has 3 aliphatic rings. The van der Waals surface area contributed by atoms with Crippen LogP contribution >= 0.6 is 0 Å². The molecule has 2 amide bonds. The largest absolute Gasteiger partial charge is 0.490 e. The number of alkyl halides is 3. The van der Waals surface area contributed by atoms with Crippen molar-refractivity contribution >= 4 is 23.7 Å². The maximum Gasteiger partial charge on any atom is 0.490 e. The number of halogens is 3. The second-order valence-corrected chi connectivity index (χ2v) is 11.1. The van der Waals surface area contributed by atoms with Gasteiger partial charge in [-0.05, 0) is 44.6 Å². The number of amides is 2. The van der Waals surface area contributed by atoms with Gasteiger partial charge in [0.2, 0.25) is 11.8 Å². The summed E-state index contributed by atoms with van der Waals surface area (Å²) in [4.78, 5) is 41.2. The summed E-state index contributed by atoms with van der Waals surface area (Å²) in [7, 11) is 0. The molecule has 4 atom stereocenters. The number of aliphatic carboxylic acids is 1. The highest BCUT2D eigenvalue weighted by Gasteiger charge is 2.54. The minimum Gasteiger partial charge on any atom is -0.487 e. The van der Waals surface area contributed by atoms with Gasteiger partial charge in [0, 0.05) is 24.4 Å². The molecule has 1 aromatic rings. The van der Waals surface area contributed by atoms with E-state index in [-0.39, 0.29) is 46.7 Å². The topological polar surface area (TPSA) is 134 Å². The Bertz CT molecular complexity index is 1130. The third kappa shape index (κ3) is 6.83. The number of carbonyl (C=O) groups is 3. The van der Waals surface area contributed by atoms with Gasteiger partial charge in [-0.15, -0.1) is 0 Å². The van der Waals surface area contributed by atoms with Gasteiger partial charge < -0.3 is 20.9 Å². The van der Waals surface area contributed by atoms with Gasteiger partial charge in [0.15, 0.2) is 5.96 Å². The molecule has 0 spiro atoms. The molecule has 0 radical (unpaired) electrons. The molecule has 1 aliphatic carbocycles. The zero-order valence-electron chi connectivity index (χ0n) is 22.8. The van der Waals surface area contributed by atoms with Crippen molar-refractivity contribution in [3.05, 3.63) is 29.8 Å². The fourth-order valence-corrected chi connectivity index (χ4v) is 5.37. The number of guanidine groups is 1. The van der Waals surface area contributed by atoms with Crippen molar-refractivity contribution in [2.75, 3.05) is 6.54 Å². The average Bonchev–Trinajstić information content (AvgIpc) is 3.49. The lowest BCUT2D eigenvalue weighted by Gasteiger charge is -2.38. The van der Waals surface area contributed by atoms with Crippen LogP contribution in [-0.2, 0) is 14.4 Å². The van der Waals surface area contributed by atoms with Crippen LogP contribution in [0.2, 0.25) is 0 Å². The number of nitrogens with zero attached hydrogens (tertiary/aromatic N) is 2. The quantitative estimate of drug-likeness (QED) is 0.486. The van der Waals surface area contributed by atoms with Crippen molar-refractivity contribution in [3.63, 3.8) is 0 Å². The number of hydrogen-bond donors (Lipinski definition) is 3. The smallest absolute Gasteiger partial charge is 0.487 e. The van der Waals surface area contributed by atoms with E-state index >= 15 is 0 Å². The highest BCUT2D eigenvalue weighted by Crippen LogP contribution is 2.48. The Morgan fingerprint density at radius 2 is 1.82 bits per heavy atom. The lowest BCUT2D eigenvalue weighted by molar-refractivity contribution is -0.192. The van der Waals surface area contributed by atoms with Crippen LogP contribution in [0.15, 0.2) is 29.3 Å². The molecule has 3 unspecified atom stereocenters. The summed E-state index contributed by atoms with van der Waals surface area (Å²) in [5.74, 6) is -1.42. The number of aliphatic imine (C=N–C) groups is 1. The van der Waals surface area contributed by atoms with Crippen LogP contribution in [0.1, 0.15) is 71.9 Å². The molecule has 0 aromatic heterocycles. The minimum absolute atomic E-state index is 0.0135. The van der Waals surface area contributed by atoms with E-state index in [1.54, 1.807) is 4.90 Å². The van der Waals surface area contributed by atoms with Gasteiger partial charge in [0.1, 0.15) is 11.4 Å². The van der Waals surface area contributed by atoms with Crippen molar-refractivity contribution < 1.29 is 37.4 Å². The lowest BCUT2D eigenvalue weighted by Crippen LogP contribution is -2.52. The number of ether oxygens (including phenoxy) is 1. The molecular weight excluding hydrogens is 517 g/mol. The van der Waals surface area contributed by atoms with Gasteiger partial charge in [0.25, 0.3) is 0 Å². The van der Waals surface area contributed by atoms with Crippen molar-refractivity contribution in [2.24, 2.45) is 28.5 Å². The third-order valence-corrected chi connectivity index (χ3v) is 7.92. The first kappa shape index (κ1) is 30.2. The second-order valence-electron chi connectivity index (χ2n) is 11.1. The molecule has 4 N–H and O–H groups in total. The predicted octanol–water partition coefficient (Wildman–Crippen LogP) is 4.03. The van der Waals surface area contributed by atoms with Gasteiger partial charge in [-0.2, -0.15) is 13.2 Å². The number of nitrogens with two attached hydrogens (primary N) is 1. The number of carboxylic acid groups (broad SMARTS) is 1. The van der Waals surface area contributed by atoms with E-state index in [2.05, 4.69) is 17.2 Å². The standard InChI is InChI=1S/C25H36N4O3.C2HF3O2/c1-6-25(7-2)13-20(30)29(23(26)28-25)14-17-15(3)21(17)22(31)27-18-12-24(4,5)32-19-11-9-8-10-16(18)19;3-2(4,5)1(6)7/h8-11,15,17-18,21H,6-7,12-14H2,1-5H3,(H2,26,28)(H,27,31);(H,6,7)/t15?,17?,18-,21?;/m1./s1. The molecule has 39 heavy (non-hydrogen) atoms. The fourth-order valence-electron chi connectivity index (χ4n) is 5.37. The first-order chi connectivity index (χ1) is 18.0. The van der Waals surface area contributed by atoms with Crippen LogP contribution in [0.4, 0.5) is 13.2 Å². The van der Waals surface area contributed by atoms with E-state index in [1.807, 2.05) is 52.0 Å². The Morgan fingerprint density at radius 1 is 1.23 bits per heavy atom. The van der Waals surface area contributed by atoms with Crippen LogP contribution in [0.5, 0.6) is 5.75 Å². The molecule has 12 heteroatoms. The van der Waals surface area contributed by atoms with E-state index in [0.29, 0.717) is 25.3 Å². The molecular formula is C27H37F3N4O5. The third-order valence-electron chi connectivity index (χ3n) is 7.92. The summed E-state index contributed by atoms with van der Waals surface area (Å²) in [6.45, 7) is 10.7. The predicted molar refractivity (Wildman–Crippen MR) is 138 cm³/mol. The molecule has 9 nitrogen and oxygen atoms in total. The first-order valence-corrected chi connectivity index (χ1v) is 13.1. The van der Waals surface area contributed by atoms with E-state index in [1.165, 1.54) is 0 Å². The van der Waals surface area contributed by atoms with Crippen LogP contribution < -0.4 is 15.8 Å². The fraction of sp³-hybridized carbons (Fsp3) is 0.630. The molecule has 0 bridgehead atoms. The van der Waals surface area contributed by atoms with Crippen molar-refractivity contribution in [3.8, 4) is 5.75 Å². The number of rotatable bonds is 6.